The van der Waals surface area contributed by atoms with E-state index in [0.717, 1.165) is 51.4 Å². The highest BCUT2D eigenvalue weighted by atomic mass is 16.6. The van der Waals surface area contributed by atoms with Crippen molar-refractivity contribution < 1.29 is 19.1 Å². The summed E-state index contributed by atoms with van der Waals surface area (Å²) in [7, 11) is 0. The molecule has 2 N–H and O–H groups in total. The third-order valence-electron chi connectivity index (χ3n) is 5.94. The van der Waals surface area contributed by atoms with Crippen molar-refractivity contribution >= 4 is 17.9 Å². The van der Waals surface area contributed by atoms with Crippen LogP contribution in [0.25, 0.3) is 0 Å². The van der Waals surface area contributed by atoms with Crippen LogP contribution in [-0.4, -0.2) is 47.5 Å². The van der Waals surface area contributed by atoms with E-state index in [0.29, 0.717) is 24.2 Å². The summed E-state index contributed by atoms with van der Waals surface area (Å²) in [4.78, 5) is 41.4. The summed E-state index contributed by atoms with van der Waals surface area (Å²) in [6.07, 6.45) is 13.0. The number of alkyl carbamates (subject to hydrolysis) is 1. The second-order valence-corrected chi connectivity index (χ2v) is 10.4. The van der Waals surface area contributed by atoms with Gasteiger partial charge in [0, 0.05) is 18.7 Å². The van der Waals surface area contributed by atoms with Gasteiger partial charge in [-0.25, -0.2) is 4.79 Å². The maximum Gasteiger partial charge on any atom is 0.408 e. The van der Waals surface area contributed by atoms with Gasteiger partial charge in [0.15, 0.2) is 0 Å². The monoisotopic (exact) mass is 513 g/mol. The molecule has 7 nitrogen and oxygen atoms in total. The second-order valence-electron chi connectivity index (χ2n) is 10.4. The molecule has 0 radical (unpaired) electrons. The molecule has 37 heavy (non-hydrogen) atoms. The van der Waals surface area contributed by atoms with E-state index in [2.05, 4.69) is 30.4 Å². The zero-order valence-electron chi connectivity index (χ0n) is 23.7. The van der Waals surface area contributed by atoms with Gasteiger partial charge in [-0.05, 0) is 52.2 Å². The number of terminal acetylenes is 1. The van der Waals surface area contributed by atoms with Gasteiger partial charge in [-0.3, -0.25) is 9.59 Å². The van der Waals surface area contributed by atoms with Crippen LogP contribution in [0.5, 0.6) is 0 Å². The number of hydrogen-bond acceptors (Lipinski definition) is 4. The first-order chi connectivity index (χ1) is 17.6. The van der Waals surface area contributed by atoms with Crippen molar-refractivity contribution in [2.45, 2.75) is 111 Å². The minimum Gasteiger partial charge on any atom is -0.444 e. The number of nitrogens with zero attached hydrogens (tertiary/aromatic N) is 1. The van der Waals surface area contributed by atoms with Crippen LogP contribution in [0.3, 0.4) is 0 Å². The number of unbranched alkanes of at least 4 members (excludes halogenated alkanes) is 6. The Balaban J connectivity index is 3.32. The first-order valence-corrected chi connectivity index (χ1v) is 13.7. The molecule has 0 spiro atoms. The largest absolute Gasteiger partial charge is 0.444 e. The van der Waals surface area contributed by atoms with Crippen LogP contribution in [-0.2, 0) is 14.3 Å². The fraction of sp³-hybridized carbons (Fsp3) is 0.633. The molecular formula is C30H47N3O4. The Morgan fingerprint density at radius 1 is 1.00 bits per heavy atom. The van der Waals surface area contributed by atoms with Crippen LogP contribution in [0.4, 0.5) is 4.79 Å². The number of amides is 3. The van der Waals surface area contributed by atoms with E-state index < -0.39 is 23.8 Å². The highest BCUT2D eigenvalue weighted by Gasteiger charge is 2.35. The molecule has 0 saturated carbocycles. The molecular weight excluding hydrogens is 466 g/mol. The molecule has 0 aliphatic rings. The van der Waals surface area contributed by atoms with Crippen molar-refractivity contribution in [1.82, 2.24) is 15.5 Å². The first-order valence-electron chi connectivity index (χ1n) is 13.7. The normalized spacial score (nSPS) is 12.7. The smallest absolute Gasteiger partial charge is 0.408 e. The van der Waals surface area contributed by atoms with Crippen molar-refractivity contribution in [2.24, 2.45) is 0 Å². The Kier molecular flexibility index (Phi) is 14.4. The molecule has 3 amide bonds. The fourth-order valence-corrected chi connectivity index (χ4v) is 4.05. The van der Waals surface area contributed by atoms with E-state index in [-0.39, 0.29) is 11.8 Å². The number of carbonyl (C=O) groups excluding carboxylic acids is 3. The predicted molar refractivity (Wildman–Crippen MR) is 149 cm³/mol. The lowest BCUT2D eigenvalue weighted by Crippen LogP contribution is -2.52. The molecule has 206 valence electrons. The first kappa shape index (κ1) is 32.0. The Labute approximate surface area is 224 Å². The molecule has 1 aromatic rings. The number of carbonyl (C=O) groups is 3. The minimum absolute atomic E-state index is 0.273. The second kappa shape index (κ2) is 16.7. The Bertz CT molecular complexity index is 901. The van der Waals surface area contributed by atoms with Crippen molar-refractivity contribution in [3.8, 4) is 12.3 Å². The van der Waals surface area contributed by atoms with Crippen molar-refractivity contribution in [2.75, 3.05) is 13.1 Å². The highest BCUT2D eigenvalue weighted by Crippen LogP contribution is 2.26. The van der Waals surface area contributed by atoms with E-state index in [4.69, 9.17) is 11.2 Å². The molecule has 2 unspecified atom stereocenters. The number of ether oxygens (including phenoxy) is 1. The van der Waals surface area contributed by atoms with Gasteiger partial charge in [0.05, 0.1) is 0 Å². The van der Waals surface area contributed by atoms with Gasteiger partial charge in [-0.2, -0.15) is 0 Å². The topological polar surface area (TPSA) is 87.7 Å². The summed E-state index contributed by atoms with van der Waals surface area (Å²) < 4.78 is 5.34. The summed E-state index contributed by atoms with van der Waals surface area (Å²) in [6, 6.07) is 5.42. The molecule has 0 heterocycles. The number of benzene rings is 1. The zero-order valence-corrected chi connectivity index (χ0v) is 23.7. The van der Waals surface area contributed by atoms with Crippen LogP contribution in [0.2, 0.25) is 0 Å². The van der Waals surface area contributed by atoms with Gasteiger partial charge < -0.3 is 20.3 Å². The molecule has 0 fully saturated rings. The molecule has 0 aromatic heterocycles. The predicted octanol–water partition coefficient (Wildman–Crippen LogP) is 5.73. The lowest BCUT2D eigenvalue weighted by Gasteiger charge is -2.34. The maximum atomic E-state index is 13.8. The van der Waals surface area contributed by atoms with Crippen LogP contribution < -0.4 is 10.6 Å². The summed E-state index contributed by atoms with van der Waals surface area (Å²) in [5.74, 6) is 2.03. The average Bonchev–Trinajstić information content (AvgIpc) is 2.84. The lowest BCUT2D eigenvalue weighted by molar-refractivity contribution is -0.142. The molecule has 2 atom stereocenters. The van der Waals surface area contributed by atoms with Gasteiger partial charge in [0.2, 0.25) is 11.8 Å². The minimum atomic E-state index is -0.907. The molecule has 0 aliphatic carbocycles. The SMILES string of the molecule is C#Cc1ccccc1C(C(=O)NCCCCC)N(CCCCCCC)C(=O)C(C)NC(=O)OC(C)(C)C. The summed E-state index contributed by atoms with van der Waals surface area (Å²) in [5, 5.41) is 5.65. The van der Waals surface area contributed by atoms with Gasteiger partial charge in [-0.1, -0.05) is 76.5 Å². The van der Waals surface area contributed by atoms with Gasteiger partial charge in [0.1, 0.15) is 17.7 Å². The summed E-state index contributed by atoms with van der Waals surface area (Å²) in [6.45, 7) is 12.0. The summed E-state index contributed by atoms with van der Waals surface area (Å²) >= 11 is 0. The van der Waals surface area contributed by atoms with Crippen LogP contribution >= 0.6 is 0 Å². The molecule has 1 aromatic carbocycles. The van der Waals surface area contributed by atoms with Crippen molar-refractivity contribution in [1.29, 1.82) is 0 Å². The molecule has 0 saturated heterocycles. The van der Waals surface area contributed by atoms with Gasteiger partial charge in [-0.15, -0.1) is 6.42 Å². The van der Waals surface area contributed by atoms with E-state index in [1.165, 1.54) is 0 Å². The standard InChI is InChI=1S/C30H47N3O4/c1-8-11-13-14-18-22-33(28(35)23(4)32-29(36)37-30(5,6)7)26(27(34)31-21-17-12-9-2)25-20-16-15-19-24(25)10-3/h3,15-16,19-20,23,26H,8-9,11-14,17-18,21-22H2,1-2,4-7H3,(H,31,34)(H,32,36). The van der Waals surface area contributed by atoms with Crippen LogP contribution in [0.1, 0.15) is 110 Å². The summed E-state index contributed by atoms with van der Waals surface area (Å²) in [5.41, 5.74) is 0.468. The molecule has 0 bridgehead atoms. The quantitative estimate of drug-likeness (QED) is 0.232. The van der Waals surface area contributed by atoms with E-state index in [1.54, 1.807) is 44.7 Å². The van der Waals surface area contributed by atoms with E-state index in [9.17, 15) is 14.4 Å². The molecule has 7 heteroatoms. The third kappa shape index (κ3) is 11.7. The molecule has 1 rings (SSSR count). The van der Waals surface area contributed by atoms with Crippen LogP contribution in [0.15, 0.2) is 24.3 Å². The van der Waals surface area contributed by atoms with Crippen molar-refractivity contribution in [3.05, 3.63) is 35.4 Å². The Morgan fingerprint density at radius 2 is 1.62 bits per heavy atom. The number of rotatable bonds is 15. The van der Waals surface area contributed by atoms with Gasteiger partial charge >= 0.3 is 6.09 Å². The Morgan fingerprint density at radius 3 is 2.24 bits per heavy atom. The zero-order chi connectivity index (χ0) is 27.8. The van der Waals surface area contributed by atoms with Crippen molar-refractivity contribution in [3.63, 3.8) is 0 Å². The maximum absolute atomic E-state index is 13.8. The number of nitrogens with one attached hydrogen (secondary N) is 2. The fourth-order valence-electron chi connectivity index (χ4n) is 4.05. The average molecular weight is 514 g/mol. The Hall–Kier alpha value is -3.01. The van der Waals surface area contributed by atoms with Gasteiger partial charge in [0.25, 0.3) is 0 Å². The molecule has 0 aliphatic heterocycles. The highest BCUT2D eigenvalue weighted by molar-refractivity contribution is 5.92. The van der Waals surface area contributed by atoms with Crippen LogP contribution in [0, 0.1) is 12.3 Å². The number of hydrogen-bond donors (Lipinski definition) is 2. The third-order valence-corrected chi connectivity index (χ3v) is 5.94. The lowest BCUT2D eigenvalue weighted by atomic mass is 9.97. The van der Waals surface area contributed by atoms with E-state index >= 15 is 0 Å². The van der Waals surface area contributed by atoms with E-state index in [1.807, 2.05) is 12.1 Å².